The minimum Gasteiger partial charge on any atom is -0.463 e. The number of hydrogen-bond donors (Lipinski definition) is 2. The zero-order valence-corrected chi connectivity index (χ0v) is 34.4. The topological polar surface area (TPSA) is 234 Å². The van der Waals surface area contributed by atoms with Crippen molar-refractivity contribution in [2.45, 2.75) is 64.2 Å². The van der Waals surface area contributed by atoms with Crippen molar-refractivity contribution in [1.82, 2.24) is 10.6 Å². The van der Waals surface area contributed by atoms with Crippen LogP contribution in [0.2, 0.25) is 0 Å². The molecule has 2 amide bonds. The SMILES string of the molecule is C=CC(=O)OCCC(CCOC(=O)C=C)(CCOC(=O)C=C)COC(=O)NCCCCCCNC(=O)OCC(CCOC(=O)C=C)(CCOC(=O)C=C)CCOC(=O)C=C. The van der Waals surface area contributed by atoms with Gasteiger partial charge in [0, 0.05) is 60.4 Å². The van der Waals surface area contributed by atoms with Gasteiger partial charge in [0.25, 0.3) is 0 Å². The largest absolute Gasteiger partial charge is 0.463 e. The maximum atomic E-state index is 12.7. The van der Waals surface area contributed by atoms with E-state index in [1.807, 2.05) is 0 Å². The summed E-state index contributed by atoms with van der Waals surface area (Å²) in [6.07, 6.45) is 8.19. The Labute approximate surface area is 351 Å². The molecular formula is C42H60N2O16. The van der Waals surface area contributed by atoms with Gasteiger partial charge in [0.2, 0.25) is 0 Å². The van der Waals surface area contributed by atoms with E-state index in [0.717, 1.165) is 36.5 Å². The third-order valence-corrected chi connectivity index (χ3v) is 8.92. The molecule has 2 N–H and O–H groups in total. The summed E-state index contributed by atoms with van der Waals surface area (Å²) < 4.78 is 41.9. The van der Waals surface area contributed by atoms with E-state index in [4.69, 9.17) is 37.9 Å². The quantitative estimate of drug-likeness (QED) is 0.0381. The highest BCUT2D eigenvalue weighted by Crippen LogP contribution is 2.33. The van der Waals surface area contributed by atoms with Gasteiger partial charge in [0.15, 0.2) is 0 Å². The average molecular weight is 849 g/mol. The lowest BCUT2D eigenvalue weighted by atomic mass is 9.79. The second-order valence-electron chi connectivity index (χ2n) is 13.1. The average Bonchev–Trinajstić information content (AvgIpc) is 3.24. The van der Waals surface area contributed by atoms with Gasteiger partial charge >= 0.3 is 48.0 Å². The zero-order chi connectivity index (χ0) is 45.1. The fourth-order valence-corrected chi connectivity index (χ4v) is 5.27. The van der Waals surface area contributed by atoms with Gasteiger partial charge in [0.05, 0.1) is 52.9 Å². The van der Waals surface area contributed by atoms with Crippen LogP contribution in [0.3, 0.4) is 0 Å². The smallest absolute Gasteiger partial charge is 0.407 e. The third kappa shape index (κ3) is 26.7. The summed E-state index contributed by atoms with van der Waals surface area (Å²) in [5.74, 6) is -3.93. The van der Waals surface area contributed by atoms with Gasteiger partial charge in [-0.2, -0.15) is 0 Å². The molecule has 60 heavy (non-hydrogen) atoms. The minimum atomic E-state index is -0.919. The summed E-state index contributed by atoms with van der Waals surface area (Å²) in [6.45, 7) is 19.9. The number of hydrogen-bond acceptors (Lipinski definition) is 16. The lowest BCUT2D eigenvalue weighted by Gasteiger charge is -2.33. The summed E-state index contributed by atoms with van der Waals surface area (Å²) in [6, 6.07) is 0. The van der Waals surface area contributed by atoms with Crippen molar-refractivity contribution in [3.63, 3.8) is 0 Å². The summed E-state index contributed by atoms with van der Waals surface area (Å²) >= 11 is 0. The molecule has 0 spiro atoms. The van der Waals surface area contributed by atoms with E-state index in [2.05, 4.69) is 50.1 Å². The van der Waals surface area contributed by atoms with E-state index < -0.39 is 58.8 Å². The number of nitrogens with one attached hydrogen (secondary N) is 2. The Morgan fingerprint density at radius 1 is 0.350 bits per heavy atom. The molecule has 0 aliphatic rings. The van der Waals surface area contributed by atoms with E-state index in [1.54, 1.807) is 0 Å². The van der Waals surface area contributed by atoms with Crippen LogP contribution >= 0.6 is 0 Å². The van der Waals surface area contributed by atoms with Crippen LogP contribution in [-0.2, 0) is 66.7 Å². The van der Waals surface area contributed by atoms with Crippen LogP contribution in [0.4, 0.5) is 9.59 Å². The first-order valence-corrected chi connectivity index (χ1v) is 19.3. The van der Waals surface area contributed by atoms with E-state index in [1.165, 1.54) is 0 Å². The number of carbonyl (C=O) groups excluding carboxylic acids is 8. The Kier molecular flexibility index (Phi) is 29.3. The second kappa shape index (κ2) is 32.7. The number of rotatable bonds is 35. The van der Waals surface area contributed by atoms with Crippen molar-refractivity contribution in [3.8, 4) is 0 Å². The van der Waals surface area contributed by atoms with E-state index in [0.29, 0.717) is 25.7 Å². The number of alkyl carbamates (subject to hydrolysis) is 2. The number of amides is 2. The van der Waals surface area contributed by atoms with Gasteiger partial charge in [-0.15, -0.1) is 0 Å². The van der Waals surface area contributed by atoms with Gasteiger partial charge in [-0.25, -0.2) is 38.4 Å². The van der Waals surface area contributed by atoms with E-state index >= 15 is 0 Å². The predicted molar refractivity (Wildman–Crippen MR) is 217 cm³/mol. The van der Waals surface area contributed by atoms with Gasteiger partial charge in [-0.05, 0) is 51.4 Å². The molecule has 0 aliphatic heterocycles. The molecule has 0 unspecified atom stereocenters. The summed E-state index contributed by atoms with van der Waals surface area (Å²) in [7, 11) is 0. The van der Waals surface area contributed by atoms with Gasteiger partial charge < -0.3 is 48.5 Å². The van der Waals surface area contributed by atoms with E-state index in [9.17, 15) is 38.4 Å². The summed E-state index contributed by atoms with van der Waals surface area (Å²) in [4.78, 5) is 95.3. The van der Waals surface area contributed by atoms with Crippen LogP contribution in [-0.4, -0.2) is 114 Å². The van der Waals surface area contributed by atoms with Crippen LogP contribution in [0.1, 0.15) is 64.2 Å². The molecule has 18 nitrogen and oxygen atoms in total. The molecule has 0 aromatic rings. The molecule has 0 aromatic heterocycles. The summed E-state index contributed by atoms with van der Waals surface area (Å²) in [5, 5.41) is 5.35. The standard InChI is InChI=1S/C42H60N2O16/c1-7-33(45)53-25-17-41(18-26-54-34(46)8-2,19-27-55-35(47)9-3)31-59-39(51)43-23-15-13-14-16-24-44-40(52)60-32-42(20-28-56-36(48)10-4,21-29-57-37(49)11-5)22-30-58-38(50)12-6/h7-12H,1-6,13-32H2,(H,43,51)(H,44,52). The Morgan fingerprint density at radius 3 is 0.767 bits per heavy atom. The molecule has 0 bridgehead atoms. The maximum Gasteiger partial charge on any atom is 0.407 e. The number of unbranched alkanes of at least 4 members (excludes halogenated alkanes) is 3. The molecular weight excluding hydrogens is 788 g/mol. The van der Waals surface area contributed by atoms with Crippen LogP contribution < -0.4 is 10.6 Å². The van der Waals surface area contributed by atoms with Crippen molar-refractivity contribution in [3.05, 3.63) is 75.9 Å². The second-order valence-corrected chi connectivity index (χ2v) is 13.1. The maximum absolute atomic E-state index is 12.7. The van der Waals surface area contributed by atoms with Crippen molar-refractivity contribution in [1.29, 1.82) is 0 Å². The van der Waals surface area contributed by atoms with Crippen molar-refractivity contribution < 1.29 is 76.3 Å². The Balaban J connectivity index is 5.11. The number of carbonyl (C=O) groups is 8. The highest BCUT2D eigenvalue weighted by atomic mass is 16.6. The van der Waals surface area contributed by atoms with Crippen molar-refractivity contribution in [2.75, 3.05) is 65.9 Å². The molecule has 0 heterocycles. The van der Waals surface area contributed by atoms with Crippen LogP contribution in [0, 0.1) is 10.8 Å². The molecule has 0 saturated carbocycles. The van der Waals surface area contributed by atoms with Crippen LogP contribution in [0.15, 0.2) is 75.9 Å². The van der Waals surface area contributed by atoms with Gasteiger partial charge in [0.1, 0.15) is 0 Å². The van der Waals surface area contributed by atoms with Gasteiger partial charge in [-0.3, -0.25) is 0 Å². The van der Waals surface area contributed by atoms with E-state index in [-0.39, 0.29) is 104 Å². The highest BCUT2D eigenvalue weighted by Gasteiger charge is 2.34. The molecule has 0 saturated heterocycles. The molecule has 0 aromatic carbocycles. The Morgan fingerprint density at radius 2 is 0.567 bits per heavy atom. The van der Waals surface area contributed by atoms with Crippen molar-refractivity contribution in [2.24, 2.45) is 10.8 Å². The first-order chi connectivity index (χ1) is 28.7. The fourth-order valence-electron chi connectivity index (χ4n) is 5.27. The first kappa shape index (κ1) is 53.8. The molecule has 18 heteroatoms. The molecule has 0 atom stereocenters. The zero-order valence-electron chi connectivity index (χ0n) is 34.4. The monoisotopic (exact) mass is 848 g/mol. The lowest BCUT2D eigenvalue weighted by molar-refractivity contribution is -0.143. The molecule has 334 valence electrons. The normalized spacial score (nSPS) is 10.6. The minimum absolute atomic E-state index is 0.0763. The molecule has 0 aliphatic carbocycles. The first-order valence-electron chi connectivity index (χ1n) is 19.3. The molecule has 0 fully saturated rings. The third-order valence-electron chi connectivity index (χ3n) is 8.92. The lowest BCUT2D eigenvalue weighted by Crippen LogP contribution is -2.36. The summed E-state index contributed by atoms with van der Waals surface area (Å²) in [5.41, 5.74) is -1.84. The molecule has 0 radical (unpaired) electrons. The highest BCUT2D eigenvalue weighted by molar-refractivity contribution is 5.83. The molecule has 0 rings (SSSR count). The van der Waals surface area contributed by atoms with Gasteiger partial charge in [-0.1, -0.05) is 52.3 Å². The number of esters is 6. The fraction of sp³-hybridized carbons (Fsp3) is 0.524. The number of ether oxygens (including phenoxy) is 8. The van der Waals surface area contributed by atoms with Crippen LogP contribution in [0.25, 0.3) is 0 Å². The predicted octanol–water partition coefficient (Wildman–Crippen LogP) is 4.69. The Bertz CT molecular complexity index is 1240. The van der Waals surface area contributed by atoms with Crippen molar-refractivity contribution >= 4 is 48.0 Å². The Hall–Kier alpha value is -6.20. The van der Waals surface area contributed by atoms with Crippen LogP contribution in [0.5, 0.6) is 0 Å².